The van der Waals surface area contributed by atoms with Crippen LogP contribution in [0.5, 0.6) is 0 Å². The van der Waals surface area contributed by atoms with Crippen molar-refractivity contribution in [3.05, 3.63) is 83.9 Å². The van der Waals surface area contributed by atoms with Crippen molar-refractivity contribution in [2.45, 2.75) is 13.0 Å². The second-order valence-electron chi connectivity index (χ2n) is 5.64. The summed E-state index contributed by atoms with van der Waals surface area (Å²) < 4.78 is 0. The number of amides is 2. The number of rotatable bonds is 7. The average Bonchev–Trinajstić information content (AvgIpc) is 2.65. The van der Waals surface area contributed by atoms with Gasteiger partial charge in [-0.25, -0.2) is 0 Å². The molecule has 0 heterocycles. The van der Waals surface area contributed by atoms with Gasteiger partial charge in [0, 0.05) is 24.7 Å². The summed E-state index contributed by atoms with van der Waals surface area (Å²) in [5.41, 5.74) is 1.93. The quantitative estimate of drug-likeness (QED) is 0.765. The van der Waals surface area contributed by atoms with E-state index in [1.807, 2.05) is 67.6 Å². The molecule has 1 atom stereocenters. The first-order valence-corrected chi connectivity index (χ1v) is 8.18. The Labute approximate surface area is 148 Å². The maximum Gasteiger partial charge on any atom is 0.244 e. The monoisotopic (exact) mass is 334 g/mol. The highest BCUT2D eigenvalue weighted by molar-refractivity contribution is 5.92. The zero-order chi connectivity index (χ0) is 17.9. The molecule has 0 radical (unpaired) electrons. The Balaban J connectivity index is 1.71. The first-order chi connectivity index (χ1) is 12.1. The minimum Gasteiger partial charge on any atom is -0.351 e. The molecular weight excluding hydrogens is 312 g/mol. The predicted molar refractivity (Wildman–Crippen MR) is 102 cm³/mol. The molecule has 0 saturated carbocycles. The summed E-state index contributed by atoms with van der Waals surface area (Å²) >= 11 is 0. The normalized spacial score (nSPS) is 12.2. The molecule has 1 unspecified atom stereocenters. The summed E-state index contributed by atoms with van der Waals surface area (Å²) in [6.45, 7) is 2.21. The molecule has 0 aliphatic rings. The molecule has 2 aromatic rings. The van der Waals surface area contributed by atoms with Gasteiger partial charge in [0.15, 0.2) is 0 Å². The lowest BCUT2D eigenvalue weighted by Gasteiger charge is -2.12. The number of hydrogen-bond donors (Lipinski definition) is 2. The van der Waals surface area contributed by atoms with Gasteiger partial charge in [-0.3, -0.25) is 9.59 Å². The Hall–Kier alpha value is -3.14. The largest absolute Gasteiger partial charge is 0.351 e. The van der Waals surface area contributed by atoms with Crippen molar-refractivity contribution in [1.82, 2.24) is 10.6 Å². The zero-order valence-electron chi connectivity index (χ0n) is 14.2. The fraction of sp³-hybridized carbons (Fsp3) is 0.143. The lowest BCUT2D eigenvalue weighted by Crippen LogP contribution is -2.40. The van der Waals surface area contributed by atoms with Crippen LogP contribution in [0.15, 0.2) is 72.8 Å². The summed E-state index contributed by atoms with van der Waals surface area (Å²) in [4.78, 5) is 23.7. The topological polar surface area (TPSA) is 58.2 Å². The SMILES string of the molecule is CC(CNC(=O)/C=C/c1ccccc1)NC(=O)/C=C/c1ccccc1. The maximum absolute atomic E-state index is 11.9. The van der Waals surface area contributed by atoms with E-state index in [2.05, 4.69) is 10.6 Å². The molecule has 4 heteroatoms. The summed E-state index contributed by atoms with van der Waals surface area (Å²) in [6.07, 6.45) is 6.48. The van der Waals surface area contributed by atoms with Crippen LogP contribution in [0.3, 0.4) is 0 Å². The minimum absolute atomic E-state index is 0.165. The van der Waals surface area contributed by atoms with Gasteiger partial charge in [-0.1, -0.05) is 60.7 Å². The molecule has 4 nitrogen and oxygen atoms in total. The maximum atomic E-state index is 11.9. The van der Waals surface area contributed by atoms with Crippen molar-refractivity contribution in [3.63, 3.8) is 0 Å². The lowest BCUT2D eigenvalue weighted by molar-refractivity contribution is -0.118. The van der Waals surface area contributed by atoms with Gasteiger partial charge in [0.2, 0.25) is 11.8 Å². The van der Waals surface area contributed by atoms with Crippen molar-refractivity contribution in [1.29, 1.82) is 0 Å². The average molecular weight is 334 g/mol. The van der Waals surface area contributed by atoms with E-state index >= 15 is 0 Å². The van der Waals surface area contributed by atoms with E-state index < -0.39 is 0 Å². The summed E-state index contributed by atoms with van der Waals surface area (Å²) in [5.74, 6) is -0.379. The van der Waals surface area contributed by atoms with Crippen molar-refractivity contribution in [3.8, 4) is 0 Å². The highest BCUT2D eigenvalue weighted by Crippen LogP contribution is 2.01. The molecule has 25 heavy (non-hydrogen) atoms. The Morgan fingerprint density at radius 2 is 1.32 bits per heavy atom. The third-order valence-corrected chi connectivity index (χ3v) is 3.42. The van der Waals surface area contributed by atoms with Crippen molar-refractivity contribution in [2.24, 2.45) is 0 Å². The van der Waals surface area contributed by atoms with E-state index in [0.717, 1.165) is 11.1 Å². The minimum atomic E-state index is -0.190. The molecule has 2 aromatic carbocycles. The second kappa shape index (κ2) is 9.88. The molecule has 0 saturated heterocycles. The van der Waals surface area contributed by atoms with Crippen LogP contribution in [0.4, 0.5) is 0 Å². The van der Waals surface area contributed by atoms with Crippen LogP contribution in [-0.4, -0.2) is 24.4 Å². The Morgan fingerprint density at radius 3 is 1.84 bits per heavy atom. The molecule has 0 fully saturated rings. The van der Waals surface area contributed by atoms with Crippen LogP contribution in [0.25, 0.3) is 12.2 Å². The smallest absolute Gasteiger partial charge is 0.244 e. The molecule has 2 rings (SSSR count). The molecular formula is C21H22N2O2. The Kier molecular flexibility index (Phi) is 7.19. The van der Waals surface area contributed by atoms with Crippen LogP contribution >= 0.6 is 0 Å². The molecule has 0 bridgehead atoms. The molecule has 0 aliphatic heterocycles. The first-order valence-electron chi connectivity index (χ1n) is 8.18. The molecule has 0 aliphatic carbocycles. The number of benzene rings is 2. The van der Waals surface area contributed by atoms with E-state index in [-0.39, 0.29) is 17.9 Å². The summed E-state index contributed by atoms with van der Waals surface area (Å²) in [6, 6.07) is 19.0. The van der Waals surface area contributed by atoms with Gasteiger partial charge >= 0.3 is 0 Å². The van der Waals surface area contributed by atoms with Crippen LogP contribution in [0, 0.1) is 0 Å². The van der Waals surface area contributed by atoms with Crippen molar-refractivity contribution < 1.29 is 9.59 Å². The van der Waals surface area contributed by atoms with E-state index in [9.17, 15) is 9.59 Å². The zero-order valence-corrected chi connectivity index (χ0v) is 14.2. The second-order valence-corrected chi connectivity index (χ2v) is 5.64. The Bertz CT molecular complexity index is 737. The Morgan fingerprint density at radius 1 is 0.840 bits per heavy atom. The lowest BCUT2D eigenvalue weighted by atomic mass is 10.2. The van der Waals surface area contributed by atoms with Crippen molar-refractivity contribution >= 4 is 24.0 Å². The molecule has 128 valence electrons. The highest BCUT2D eigenvalue weighted by atomic mass is 16.2. The standard InChI is InChI=1S/C21H22N2O2/c1-17(23-21(25)15-13-19-10-6-3-7-11-19)16-22-20(24)14-12-18-8-4-2-5-9-18/h2-15,17H,16H2,1H3,(H,22,24)(H,23,25)/b14-12+,15-13+. The predicted octanol–water partition coefficient (Wildman–Crippen LogP) is 3.03. The van der Waals surface area contributed by atoms with Gasteiger partial charge < -0.3 is 10.6 Å². The number of hydrogen-bond acceptors (Lipinski definition) is 2. The van der Waals surface area contributed by atoms with Crippen LogP contribution < -0.4 is 10.6 Å². The number of carbonyl (C=O) groups excluding carboxylic acids is 2. The van der Waals surface area contributed by atoms with E-state index in [4.69, 9.17) is 0 Å². The fourth-order valence-corrected chi connectivity index (χ4v) is 2.13. The van der Waals surface area contributed by atoms with Crippen molar-refractivity contribution in [2.75, 3.05) is 6.54 Å². The van der Waals surface area contributed by atoms with E-state index in [1.165, 1.54) is 12.2 Å². The number of nitrogens with one attached hydrogen (secondary N) is 2. The van der Waals surface area contributed by atoms with Crippen LogP contribution in [0.2, 0.25) is 0 Å². The fourth-order valence-electron chi connectivity index (χ4n) is 2.13. The van der Waals surface area contributed by atoms with E-state index in [0.29, 0.717) is 6.54 Å². The highest BCUT2D eigenvalue weighted by Gasteiger charge is 2.05. The van der Waals surface area contributed by atoms with Gasteiger partial charge in [-0.15, -0.1) is 0 Å². The van der Waals surface area contributed by atoms with Crippen LogP contribution in [-0.2, 0) is 9.59 Å². The molecule has 2 amide bonds. The van der Waals surface area contributed by atoms with Gasteiger partial charge in [-0.05, 0) is 30.2 Å². The third kappa shape index (κ3) is 7.31. The molecule has 0 spiro atoms. The summed E-state index contributed by atoms with van der Waals surface area (Å²) in [5, 5.41) is 5.58. The van der Waals surface area contributed by atoms with Gasteiger partial charge in [0.25, 0.3) is 0 Å². The summed E-state index contributed by atoms with van der Waals surface area (Å²) in [7, 11) is 0. The number of carbonyl (C=O) groups is 2. The first kappa shape index (κ1) is 18.2. The van der Waals surface area contributed by atoms with Gasteiger partial charge in [0.05, 0.1) is 0 Å². The third-order valence-electron chi connectivity index (χ3n) is 3.42. The van der Waals surface area contributed by atoms with Gasteiger partial charge in [-0.2, -0.15) is 0 Å². The van der Waals surface area contributed by atoms with E-state index in [1.54, 1.807) is 12.2 Å². The van der Waals surface area contributed by atoms with Crippen LogP contribution in [0.1, 0.15) is 18.1 Å². The van der Waals surface area contributed by atoms with Gasteiger partial charge in [0.1, 0.15) is 0 Å². The molecule has 0 aromatic heterocycles. The molecule has 2 N–H and O–H groups in total.